The summed E-state index contributed by atoms with van der Waals surface area (Å²) in [6.45, 7) is 4.91. The molecule has 0 aliphatic carbocycles. The summed E-state index contributed by atoms with van der Waals surface area (Å²) < 4.78 is 5.27. The Balaban J connectivity index is 2.64. The van der Waals surface area contributed by atoms with Gasteiger partial charge in [-0.3, -0.25) is 4.99 Å². The number of guanidine groups is 1. The molecule has 1 aromatic rings. The largest absolute Gasteiger partial charge is 0.496 e. The van der Waals surface area contributed by atoms with Gasteiger partial charge in [0.15, 0.2) is 5.96 Å². The first-order valence-electron chi connectivity index (χ1n) is 5.59. The molecule has 0 aliphatic heterocycles. The number of rotatable bonds is 5. The summed E-state index contributed by atoms with van der Waals surface area (Å²) in [5, 5.41) is 6.93. The summed E-state index contributed by atoms with van der Waals surface area (Å²) in [4.78, 5) is 4.09. The minimum absolute atomic E-state index is 0.608. The summed E-state index contributed by atoms with van der Waals surface area (Å²) in [6, 6.07) is 5.55. The minimum Gasteiger partial charge on any atom is -0.496 e. The van der Waals surface area contributed by atoms with Crippen molar-refractivity contribution in [2.24, 2.45) is 4.99 Å². The van der Waals surface area contributed by atoms with Gasteiger partial charge in [0.1, 0.15) is 5.75 Å². The summed E-state index contributed by atoms with van der Waals surface area (Å²) in [6.07, 6.45) is 1.77. The number of nitrogens with zero attached hydrogens (tertiary/aromatic N) is 1. The van der Waals surface area contributed by atoms with Crippen LogP contribution in [-0.2, 0) is 6.54 Å². The highest BCUT2D eigenvalue weighted by Gasteiger charge is 2.04. The third-order valence-electron chi connectivity index (χ3n) is 2.33. The fourth-order valence-corrected chi connectivity index (χ4v) is 1.59. The lowest BCUT2D eigenvalue weighted by Gasteiger charge is -2.13. The molecule has 0 aliphatic rings. The predicted molar refractivity (Wildman–Crippen MR) is 76.4 cm³/mol. The molecule has 0 radical (unpaired) electrons. The molecule has 0 aromatic heterocycles. The van der Waals surface area contributed by atoms with E-state index in [1.165, 1.54) is 0 Å². The van der Waals surface area contributed by atoms with Gasteiger partial charge in [0.05, 0.1) is 7.11 Å². The third kappa shape index (κ3) is 4.30. The molecule has 5 heteroatoms. The Morgan fingerprint density at radius 2 is 2.28 bits per heavy atom. The Morgan fingerprint density at radius 1 is 1.50 bits per heavy atom. The van der Waals surface area contributed by atoms with Crippen LogP contribution in [0.5, 0.6) is 5.75 Å². The SMILES string of the molecule is C=CCNC(=NC)NCc1ccc(Cl)cc1OC. The number of ether oxygens (including phenoxy) is 1. The lowest BCUT2D eigenvalue weighted by Crippen LogP contribution is -2.36. The Kier molecular flexibility index (Phi) is 6.08. The zero-order valence-electron chi connectivity index (χ0n) is 10.7. The average Bonchev–Trinajstić information content (AvgIpc) is 2.40. The van der Waals surface area contributed by atoms with Crippen LogP contribution in [-0.4, -0.2) is 26.7 Å². The highest BCUT2D eigenvalue weighted by atomic mass is 35.5. The van der Waals surface area contributed by atoms with Crippen molar-refractivity contribution in [2.45, 2.75) is 6.54 Å². The summed E-state index contributed by atoms with van der Waals surface area (Å²) in [5.74, 6) is 1.47. The first kappa shape index (κ1) is 14.4. The van der Waals surface area contributed by atoms with Gasteiger partial charge in [-0.05, 0) is 12.1 Å². The van der Waals surface area contributed by atoms with E-state index in [4.69, 9.17) is 16.3 Å². The molecule has 98 valence electrons. The number of aliphatic imine (C=N–C) groups is 1. The molecule has 0 heterocycles. The Labute approximate surface area is 113 Å². The van der Waals surface area contributed by atoms with Crippen molar-refractivity contribution < 1.29 is 4.74 Å². The van der Waals surface area contributed by atoms with Gasteiger partial charge in [-0.25, -0.2) is 0 Å². The van der Waals surface area contributed by atoms with Crippen LogP contribution in [0.25, 0.3) is 0 Å². The topological polar surface area (TPSA) is 45.7 Å². The fourth-order valence-electron chi connectivity index (χ4n) is 1.43. The maximum Gasteiger partial charge on any atom is 0.191 e. The number of hydrogen-bond donors (Lipinski definition) is 2. The van der Waals surface area contributed by atoms with Crippen molar-refractivity contribution in [3.8, 4) is 5.75 Å². The molecule has 0 saturated heterocycles. The van der Waals surface area contributed by atoms with Crippen molar-refractivity contribution >= 4 is 17.6 Å². The van der Waals surface area contributed by atoms with Crippen LogP contribution in [0.2, 0.25) is 5.02 Å². The maximum atomic E-state index is 5.91. The van der Waals surface area contributed by atoms with E-state index in [0.717, 1.165) is 11.3 Å². The smallest absolute Gasteiger partial charge is 0.191 e. The fraction of sp³-hybridized carbons (Fsp3) is 0.308. The first-order chi connectivity index (χ1) is 8.71. The van der Waals surface area contributed by atoms with Crippen molar-refractivity contribution in [2.75, 3.05) is 20.7 Å². The maximum absolute atomic E-state index is 5.91. The third-order valence-corrected chi connectivity index (χ3v) is 2.57. The normalized spacial score (nSPS) is 10.9. The van der Waals surface area contributed by atoms with Gasteiger partial charge in [-0.2, -0.15) is 0 Å². The van der Waals surface area contributed by atoms with E-state index in [1.807, 2.05) is 12.1 Å². The van der Waals surface area contributed by atoms with Gasteiger partial charge in [0, 0.05) is 30.7 Å². The van der Waals surface area contributed by atoms with Crippen LogP contribution in [0.3, 0.4) is 0 Å². The van der Waals surface area contributed by atoms with Crippen LogP contribution >= 0.6 is 11.6 Å². The number of hydrogen-bond acceptors (Lipinski definition) is 2. The molecule has 18 heavy (non-hydrogen) atoms. The van der Waals surface area contributed by atoms with Gasteiger partial charge in [-0.15, -0.1) is 6.58 Å². The molecule has 0 spiro atoms. The van der Waals surface area contributed by atoms with Crippen molar-refractivity contribution in [1.29, 1.82) is 0 Å². The predicted octanol–water partition coefficient (Wildman–Crippen LogP) is 2.20. The van der Waals surface area contributed by atoms with Gasteiger partial charge in [0.2, 0.25) is 0 Å². The van der Waals surface area contributed by atoms with Gasteiger partial charge >= 0.3 is 0 Å². The summed E-state index contributed by atoms with van der Waals surface area (Å²) in [7, 11) is 3.34. The molecular weight excluding hydrogens is 250 g/mol. The lowest BCUT2D eigenvalue weighted by atomic mass is 10.2. The second kappa shape index (κ2) is 7.61. The van der Waals surface area contributed by atoms with Gasteiger partial charge < -0.3 is 15.4 Å². The van der Waals surface area contributed by atoms with E-state index in [1.54, 1.807) is 26.3 Å². The zero-order chi connectivity index (χ0) is 13.4. The first-order valence-corrected chi connectivity index (χ1v) is 5.97. The molecule has 0 saturated carbocycles. The van der Waals surface area contributed by atoms with E-state index in [2.05, 4.69) is 22.2 Å². The van der Waals surface area contributed by atoms with E-state index in [9.17, 15) is 0 Å². The number of halogens is 1. The molecule has 1 aromatic carbocycles. The second-order valence-corrected chi connectivity index (χ2v) is 3.99. The highest BCUT2D eigenvalue weighted by molar-refractivity contribution is 6.30. The molecule has 1 rings (SSSR count). The van der Waals surface area contributed by atoms with Gasteiger partial charge in [-0.1, -0.05) is 23.7 Å². The molecule has 0 amide bonds. The Morgan fingerprint density at radius 3 is 2.89 bits per heavy atom. The molecule has 0 fully saturated rings. The van der Waals surface area contributed by atoms with Gasteiger partial charge in [0.25, 0.3) is 0 Å². The minimum atomic E-state index is 0.608. The summed E-state index contributed by atoms with van der Waals surface area (Å²) in [5.41, 5.74) is 1.02. The van der Waals surface area contributed by atoms with Crippen LogP contribution in [0.1, 0.15) is 5.56 Å². The molecular formula is C13H18ClN3O. The number of benzene rings is 1. The molecule has 0 atom stereocenters. The van der Waals surface area contributed by atoms with E-state index in [0.29, 0.717) is 24.1 Å². The number of nitrogens with one attached hydrogen (secondary N) is 2. The monoisotopic (exact) mass is 267 g/mol. The molecule has 4 nitrogen and oxygen atoms in total. The Hall–Kier alpha value is -1.68. The summed E-state index contributed by atoms with van der Waals surface area (Å²) >= 11 is 5.91. The van der Waals surface area contributed by atoms with Crippen LogP contribution in [0.15, 0.2) is 35.8 Å². The average molecular weight is 268 g/mol. The van der Waals surface area contributed by atoms with E-state index in [-0.39, 0.29) is 0 Å². The van der Waals surface area contributed by atoms with E-state index >= 15 is 0 Å². The quantitative estimate of drug-likeness (QED) is 0.488. The van der Waals surface area contributed by atoms with Crippen LogP contribution in [0, 0.1) is 0 Å². The highest BCUT2D eigenvalue weighted by Crippen LogP contribution is 2.22. The van der Waals surface area contributed by atoms with Crippen molar-refractivity contribution in [3.05, 3.63) is 41.4 Å². The standard InChI is InChI=1S/C13H18ClN3O/c1-4-7-16-13(15-2)17-9-10-5-6-11(14)8-12(10)18-3/h4-6,8H,1,7,9H2,2-3H3,(H2,15,16,17). The van der Waals surface area contributed by atoms with Crippen LogP contribution < -0.4 is 15.4 Å². The number of methoxy groups -OCH3 is 1. The lowest BCUT2D eigenvalue weighted by molar-refractivity contribution is 0.409. The van der Waals surface area contributed by atoms with Crippen LogP contribution in [0.4, 0.5) is 0 Å². The molecule has 2 N–H and O–H groups in total. The molecule has 0 unspecified atom stereocenters. The Bertz CT molecular complexity index is 432. The zero-order valence-corrected chi connectivity index (χ0v) is 11.4. The van der Waals surface area contributed by atoms with E-state index < -0.39 is 0 Å². The van der Waals surface area contributed by atoms with Crippen molar-refractivity contribution in [1.82, 2.24) is 10.6 Å². The molecule has 0 bridgehead atoms. The second-order valence-electron chi connectivity index (χ2n) is 3.55. The van der Waals surface area contributed by atoms with Crippen molar-refractivity contribution in [3.63, 3.8) is 0 Å².